The Balaban J connectivity index is 2.51. The van der Waals surface area contributed by atoms with Gasteiger partial charge in [0.15, 0.2) is 0 Å². The average molecular weight is 230 g/mol. The Morgan fingerprint density at radius 1 is 1.25 bits per heavy atom. The molecule has 82 valence electrons. The zero-order valence-electron chi connectivity index (χ0n) is 9.45. The van der Waals surface area contributed by atoms with Gasteiger partial charge in [-0.3, -0.25) is 0 Å². The summed E-state index contributed by atoms with van der Waals surface area (Å²) in [7, 11) is 0. The van der Waals surface area contributed by atoms with Gasteiger partial charge in [-0.1, -0.05) is 49.0 Å². The molecule has 0 aliphatic heterocycles. The summed E-state index contributed by atoms with van der Waals surface area (Å²) >= 11 is 5.15. The molecule has 0 spiro atoms. The maximum atomic E-state index is 5.15. The standard InChI is InChI=1S/C13H14N2S/c1-3-11-8-12(16)15-13(14-11)10-6-4-9(2)5-7-10/h4-8H,3H2,1-2H3,(H,14,15,16). The van der Waals surface area contributed by atoms with E-state index >= 15 is 0 Å². The van der Waals surface area contributed by atoms with E-state index in [2.05, 4.69) is 48.1 Å². The molecule has 2 aromatic rings. The predicted molar refractivity (Wildman–Crippen MR) is 69.0 cm³/mol. The molecule has 2 nitrogen and oxygen atoms in total. The smallest absolute Gasteiger partial charge is 0.139 e. The van der Waals surface area contributed by atoms with E-state index < -0.39 is 0 Å². The fourth-order valence-electron chi connectivity index (χ4n) is 1.55. The van der Waals surface area contributed by atoms with Crippen LogP contribution in [0.1, 0.15) is 18.2 Å². The zero-order valence-corrected chi connectivity index (χ0v) is 10.3. The summed E-state index contributed by atoms with van der Waals surface area (Å²) < 4.78 is 0.645. The highest BCUT2D eigenvalue weighted by Crippen LogP contribution is 2.15. The summed E-state index contributed by atoms with van der Waals surface area (Å²) in [6, 6.07) is 10.2. The number of hydrogen-bond acceptors (Lipinski definition) is 2. The van der Waals surface area contributed by atoms with Crippen LogP contribution >= 0.6 is 12.2 Å². The van der Waals surface area contributed by atoms with Crippen LogP contribution in [0.25, 0.3) is 11.4 Å². The molecular formula is C13H14N2S. The van der Waals surface area contributed by atoms with Gasteiger partial charge in [0.25, 0.3) is 0 Å². The van der Waals surface area contributed by atoms with Crippen molar-refractivity contribution in [2.24, 2.45) is 0 Å². The van der Waals surface area contributed by atoms with Crippen molar-refractivity contribution in [3.63, 3.8) is 0 Å². The molecule has 0 bridgehead atoms. The molecule has 0 radical (unpaired) electrons. The Kier molecular flexibility index (Phi) is 3.15. The van der Waals surface area contributed by atoms with Gasteiger partial charge in [0, 0.05) is 11.3 Å². The van der Waals surface area contributed by atoms with Gasteiger partial charge >= 0.3 is 0 Å². The SMILES string of the molecule is CCc1cc(=S)nc(-c2ccc(C)cc2)[nH]1. The molecule has 1 aromatic heterocycles. The monoisotopic (exact) mass is 230 g/mol. The van der Waals surface area contributed by atoms with Crippen LogP contribution in [-0.2, 0) is 6.42 Å². The number of hydrogen-bond donors (Lipinski definition) is 1. The summed E-state index contributed by atoms with van der Waals surface area (Å²) in [5, 5.41) is 0. The third-order valence-corrected chi connectivity index (χ3v) is 2.71. The van der Waals surface area contributed by atoms with Gasteiger partial charge in [0.2, 0.25) is 0 Å². The van der Waals surface area contributed by atoms with E-state index in [-0.39, 0.29) is 0 Å². The van der Waals surface area contributed by atoms with E-state index in [4.69, 9.17) is 12.2 Å². The minimum Gasteiger partial charge on any atom is -0.343 e. The molecule has 0 atom stereocenters. The Hall–Kier alpha value is -1.48. The Morgan fingerprint density at radius 2 is 1.94 bits per heavy atom. The lowest BCUT2D eigenvalue weighted by molar-refractivity contribution is 0.999. The number of aryl methyl sites for hydroxylation is 2. The van der Waals surface area contributed by atoms with Crippen molar-refractivity contribution in [1.82, 2.24) is 9.97 Å². The Bertz CT molecular complexity index is 541. The van der Waals surface area contributed by atoms with Crippen molar-refractivity contribution in [2.75, 3.05) is 0 Å². The summed E-state index contributed by atoms with van der Waals surface area (Å²) in [5.74, 6) is 0.851. The van der Waals surface area contributed by atoms with E-state index in [9.17, 15) is 0 Å². The summed E-state index contributed by atoms with van der Waals surface area (Å²) in [6.45, 7) is 4.17. The largest absolute Gasteiger partial charge is 0.343 e. The van der Waals surface area contributed by atoms with E-state index in [0.29, 0.717) is 4.64 Å². The molecule has 1 N–H and O–H groups in total. The van der Waals surface area contributed by atoms with E-state index in [1.165, 1.54) is 5.56 Å². The van der Waals surface area contributed by atoms with Gasteiger partial charge in [-0.05, 0) is 19.4 Å². The highest BCUT2D eigenvalue weighted by atomic mass is 32.1. The second kappa shape index (κ2) is 4.58. The molecular weight excluding hydrogens is 216 g/mol. The number of nitrogens with zero attached hydrogens (tertiary/aromatic N) is 1. The molecule has 0 aliphatic carbocycles. The van der Waals surface area contributed by atoms with Crippen molar-refractivity contribution < 1.29 is 0 Å². The maximum Gasteiger partial charge on any atom is 0.139 e. The lowest BCUT2D eigenvalue weighted by Crippen LogP contribution is -1.94. The van der Waals surface area contributed by atoms with Crippen LogP contribution in [0.15, 0.2) is 30.3 Å². The second-order valence-corrected chi connectivity index (χ2v) is 4.23. The van der Waals surface area contributed by atoms with E-state index in [1.54, 1.807) is 0 Å². The summed E-state index contributed by atoms with van der Waals surface area (Å²) in [4.78, 5) is 7.63. The third-order valence-electron chi connectivity index (χ3n) is 2.50. The minimum absolute atomic E-state index is 0.645. The second-order valence-electron chi connectivity index (χ2n) is 3.81. The van der Waals surface area contributed by atoms with Crippen LogP contribution in [-0.4, -0.2) is 9.97 Å². The molecule has 0 aliphatic rings. The average Bonchev–Trinajstić information content (AvgIpc) is 2.29. The molecule has 0 saturated heterocycles. The molecule has 3 heteroatoms. The topological polar surface area (TPSA) is 28.7 Å². The number of rotatable bonds is 2. The molecule has 0 fully saturated rings. The normalized spacial score (nSPS) is 10.4. The number of benzene rings is 1. The van der Waals surface area contributed by atoms with Crippen molar-refractivity contribution in [3.8, 4) is 11.4 Å². The zero-order chi connectivity index (χ0) is 11.5. The van der Waals surface area contributed by atoms with Crippen molar-refractivity contribution >= 4 is 12.2 Å². The molecule has 1 aromatic carbocycles. The van der Waals surface area contributed by atoms with E-state index in [1.807, 2.05) is 6.07 Å². The van der Waals surface area contributed by atoms with Crippen LogP contribution in [0.2, 0.25) is 0 Å². The molecule has 0 saturated carbocycles. The Labute approximate surface area is 100 Å². The van der Waals surface area contributed by atoms with Gasteiger partial charge < -0.3 is 4.98 Å². The fourth-order valence-corrected chi connectivity index (χ4v) is 1.78. The predicted octanol–water partition coefficient (Wildman–Crippen LogP) is 3.68. The van der Waals surface area contributed by atoms with Crippen LogP contribution in [0, 0.1) is 11.6 Å². The lowest BCUT2D eigenvalue weighted by Gasteiger charge is -2.04. The summed E-state index contributed by atoms with van der Waals surface area (Å²) in [5.41, 5.74) is 3.44. The maximum absolute atomic E-state index is 5.15. The minimum atomic E-state index is 0.645. The number of aromatic nitrogens is 2. The van der Waals surface area contributed by atoms with Crippen LogP contribution in [0.3, 0.4) is 0 Å². The van der Waals surface area contributed by atoms with Gasteiger partial charge in [-0.2, -0.15) is 0 Å². The summed E-state index contributed by atoms with van der Waals surface area (Å²) in [6.07, 6.45) is 0.936. The first kappa shape index (κ1) is 11.0. The van der Waals surface area contributed by atoms with Crippen LogP contribution in [0.4, 0.5) is 0 Å². The van der Waals surface area contributed by atoms with Gasteiger partial charge in [-0.25, -0.2) is 4.98 Å². The quantitative estimate of drug-likeness (QED) is 0.797. The number of H-pyrrole nitrogens is 1. The number of nitrogens with one attached hydrogen (secondary N) is 1. The van der Waals surface area contributed by atoms with Gasteiger partial charge in [0.1, 0.15) is 10.5 Å². The van der Waals surface area contributed by atoms with Gasteiger partial charge in [0.05, 0.1) is 0 Å². The van der Waals surface area contributed by atoms with Crippen molar-refractivity contribution in [1.29, 1.82) is 0 Å². The molecule has 1 heterocycles. The van der Waals surface area contributed by atoms with Crippen molar-refractivity contribution in [2.45, 2.75) is 20.3 Å². The highest BCUT2D eigenvalue weighted by molar-refractivity contribution is 7.71. The molecule has 16 heavy (non-hydrogen) atoms. The first-order valence-electron chi connectivity index (χ1n) is 5.36. The van der Waals surface area contributed by atoms with Crippen LogP contribution in [0.5, 0.6) is 0 Å². The van der Waals surface area contributed by atoms with Crippen molar-refractivity contribution in [3.05, 3.63) is 46.2 Å². The first-order chi connectivity index (χ1) is 7.69. The van der Waals surface area contributed by atoms with Gasteiger partial charge in [-0.15, -0.1) is 0 Å². The van der Waals surface area contributed by atoms with E-state index in [0.717, 1.165) is 23.5 Å². The Morgan fingerprint density at radius 3 is 2.56 bits per heavy atom. The third kappa shape index (κ3) is 2.36. The molecule has 0 amide bonds. The van der Waals surface area contributed by atoms with Crippen LogP contribution < -0.4 is 0 Å². The molecule has 0 unspecified atom stereocenters. The highest BCUT2D eigenvalue weighted by Gasteiger charge is 2.00. The lowest BCUT2D eigenvalue weighted by atomic mass is 10.1. The fraction of sp³-hybridized carbons (Fsp3) is 0.231. The number of aromatic amines is 1. The first-order valence-corrected chi connectivity index (χ1v) is 5.77. The molecule has 2 rings (SSSR count).